The summed E-state index contributed by atoms with van der Waals surface area (Å²) in [7, 11) is 0. The average molecular weight is 600 g/mol. The Morgan fingerprint density at radius 3 is 2.14 bits per heavy atom. The van der Waals surface area contributed by atoms with Gasteiger partial charge in [0.15, 0.2) is 0 Å². The molecule has 8 nitrogen and oxygen atoms in total. The number of phenols is 1. The zero-order valence-corrected chi connectivity index (χ0v) is 27.4. The van der Waals surface area contributed by atoms with Crippen molar-refractivity contribution in [1.29, 1.82) is 0 Å². The molecule has 232 valence electrons. The first kappa shape index (κ1) is 35.0. The van der Waals surface area contributed by atoms with Gasteiger partial charge in [-0.25, -0.2) is 4.79 Å². The predicted octanol–water partition coefficient (Wildman–Crippen LogP) is 6.99. The Kier molecular flexibility index (Phi) is 13.2. The molecule has 0 aromatic heterocycles. The van der Waals surface area contributed by atoms with E-state index in [0.29, 0.717) is 35.8 Å². The third-order valence-corrected chi connectivity index (χ3v) is 7.58. The van der Waals surface area contributed by atoms with Crippen molar-refractivity contribution < 1.29 is 24.2 Å². The Hall–Kier alpha value is -3.20. The van der Waals surface area contributed by atoms with Crippen LogP contribution in [0.1, 0.15) is 83.5 Å². The molecule has 0 radical (unpaired) electrons. The lowest BCUT2D eigenvalue weighted by Gasteiger charge is -2.39. The number of hydrogen-bond donors (Lipinski definition) is 3. The number of aryl methyl sites for hydroxylation is 2. The standard InChI is InChI=1S/C33H49N3O5S/c1-21(2)16-17-24(5)36(31(39)27(18-19-42-9)34-32(40)41-33(6,7)8)29(25-14-11-15-26(37)20-25)30(38)35-28-22(3)12-10-13-23(28)4/h10-15,20-21,24,27,29,37H,16-19H2,1-9H3,(H,34,40)(H,35,38). The Labute approximate surface area is 256 Å². The van der Waals surface area contributed by atoms with Gasteiger partial charge in [0, 0.05) is 11.7 Å². The molecule has 3 amide bonds. The molecule has 2 aromatic rings. The van der Waals surface area contributed by atoms with Crippen LogP contribution in [0.25, 0.3) is 0 Å². The molecule has 3 N–H and O–H groups in total. The van der Waals surface area contributed by atoms with Crippen LogP contribution in [0.4, 0.5) is 10.5 Å². The van der Waals surface area contributed by atoms with Gasteiger partial charge in [-0.2, -0.15) is 11.8 Å². The van der Waals surface area contributed by atoms with Crippen molar-refractivity contribution >= 4 is 35.4 Å². The van der Waals surface area contributed by atoms with Crippen LogP contribution in [0.2, 0.25) is 0 Å². The summed E-state index contributed by atoms with van der Waals surface area (Å²) in [5, 5.41) is 16.3. The van der Waals surface area contributed by atoms with Gasteiger partial charge in [0.25, 0.3) is 5.91 Å². The number of rotatable bonds is 13. The molecule has 0 saturated carbocycles. The molecule has 42 heavy (non-hydrogen) atoms. The number of nitrogens with one attached hydrogen (secondary N) is 2. The third kappa shape index (κ3) is 10.6. The number of carbonyl (C=O) groups excluding carboxylic acids is 3. The summed E-state index contributed by atoms with van der Waals surface area (Å²) in [5.74, 6) is 0.218. The highest BCUT2D eigenvalue weighted by molar-refractivity contribution is 7.98. The van der Waals surface area contributed by atoms with Gasteiger partial charge in [-0.1, -0.05) is 44.2 Å². The second-order valence-corrected chi connectivity index (χ2v) is 13.3. The second kappa shape index (κ2) is 15.9. The minimum atomic E-state index is -1.07. The molecule has 0 spiro atoms. The van der Waals surface area contributed by atoms with Crippen molar-refractivity contribution in [1.82, 2.24) is 10.2 Å². The van der Waals surface area contributed by atoms with Gasteiger partial charge < -0.3 is 25.4 Å². The van der Waals surface area contributed by atoms with E-state index in [4.69, 9.17) is 4.74 Å². The van der Waals surface area contributed by atoms with Crippen molar-refractivity contribution in [3.63, 3.8) is 0 Å². The van der Waals surface area contributed by atoms with Gasteiger partial charge in [-0.15, -0.1) is 0 Å². The summed E-state index contributed by atoms with van der Waals surface area (Å²) < 4.78 is 5.49. The summed E-state index contributed by atoms with van der Waals surface area (Å²) in [4.78, 5) is 43.2. The SMILES string of the molecule is CSCCC(NC(=O)OC(C)(C)C)C(=O)N(C(C)CCC(C)C)C(C(=O)Nc1c(C)cccc1C)c1cccc(O)c1. The lowest BCUT2D eigenvalue weighted by atomic mass is 9.96. The first-order valence-corrected chi connectivity index (χ1v) is 16.0. The fourth-order valence-electron chi connectivity index (χ4n) is 4.77. The monoisotopic (exact) mass is 599 g/mol. The van der Waals surface area contributed by atoms with E-state index in [-0.39, 0.29) is 17.7 Å². The maximum absolute atomic E-state index is 14.5. The van der Waals surface area contributed by atoms with Crippen LogP contribution in [0.15, 0.2) is 42.5 Å². The number of aromatic hydroxyl groups is 1. The minimum Gasteiger partial charge on any atom is -0.508 e. The van der Waals surface area contributed by atoms with Crippen molar-refractivity contribution in [3.8, 4) is 5.75 Å². The number of benzene rings is 2. The number of alkyl carbamates (subject to hydrolysis) is 1. The topological polar surface area (TPSA) is 108 Å². The largest absolute Gasteiger partial charge is 0.508 e. The van der Waals surface area contributed by atoms with Crippen molar-refractivity contribution in [2.45, 2.75) is 98.4 Å². The fourth-order valence-corrected chi connectivity index (χ4v) is 5.24. The third-order valence-electron chi connectivity index (χ3n) is 6.93. The molecule has 0 aliphatic rings. The number of phenolic OH excluding ortho intramolecular Hbond substituents is 1. The van der Waals surface area contributed by atoms with Crippen molar-refractivity contribution in [3.05, 3.63) is 59.2 Å². The number of hydrogen-bond acceptors (Lipinski definition) is 6. The number of nitrogens with zero attached hydrogens (tertiary/aromatic N) is 1. The van der Waals surface area contributed by atoms with Gasteiger partial charge >= 0.3 is 6.09 Å². The molecule has 0 heterocycles. The van der Waals surface area contributed by atoms with Crippen LogP contribution < -0.4 is 10.6 Å². The molecule has 9 heteroatoms. The molecular formula is C33H49N3O5S. The van der Waals surface area contributed by atoms with Crippen molar-refractivity contribution in [2.75, 3.05) is 17.3 Å². The summed E-state index contributed by atoms with van der Waals surface area (Å²) in [5.41, 5.74) is 2.21. The normalized spacial score (nSPS) is 13.7. The number of para-hydroxylation sites is 1. The van der Waals surface area contributed by atoms with E-state index in [9.17, 15) is 19.5 Å². The molecule has 2 rings (SSSR count). The Morgan fingerprint density at radius 1 is 0.976 bits per heavy atom. The van der Waals surface area contributed by atoms with E-state index in [0.717, 1.165) is 17.5 Å². The maximum Gasteiger partial charge on any atom is 0.408 e. The quantitative estimate of drug-likeness (QED) is 0.229. The van der Waals surface area contributed by atoms with Gasteiger partial charge in [0.05, 0.1) is 0 Å². The molecule has 0 bridgehead atoms. The highest BCUT2D eigenvalue weighted by Crippen LogP contribution is 2.31. The number of thioether (sulfide) groups is 1. The fraction of sp³-hybridized carbons (Fsp3) is 0.545. The summed E-state index contributed by atoms with van der Waals surface area (Å²) in [6.07, 6.45) is 3.09. The molecule has 2 aromatic carbocycles. The predicted molar refractivity (Wildman–Crippen MR) is 172 cm³/mol. The second-order valence-electron chi connectivity index (χ2n) is 12.3. The van der Waals surface area contributed by atoms with E-state index in [1.165, 1.54) is 12.1 Å². The van der Waals surface area contributed by atoms with Crippen LogP contribution >= 0.6 is 11.8 Å². The summed E-state index contributed by atoms with van der Waals surface area (Å²) in [6.45, 7) is 15.3. The van der Waals surface area contributed by atoms with Gasteiger partial charge in [-0.05, 0) is 108 Å². The van der Waals surface area contributed by atoms with E-state index >= 15 is 0 Å². The van der Waals surface area contributed by atoms with Gasteiger partial charge in [0.1, 0.15) is 23.4 Å². The number of anilines is 1. The lowest BCUT2D eigenvalue weighted by molar-refractivity contribution is -0.143. The van der Waals surface area contributed by atoms with Crippen LogP contribution in [0.3, 0.4) is 0 Å². The number of carbonyl (C=O) groups is 3. The Balaban J connectivity index is 2.65. The van der Waals surface area contributed by atoms with Crippen LogP contribution in [-0.4, -0.2) is 57.6 Å². The van der Waals surface area contributed by atoms with Gasteiger partial charge in [-0.3, -0.25) is 9.59 Å². The summed E-state index contributed by atoms with van der Waals surface area (Å²) in [6, 6.07) is 9.88. The number of amides is 3. The van der Waals surface area contributed by atoms with E-state index in [2.05, 4.69) is 24.5 Å². The first-order chi connectivity index (χ1) is 19.6. The molecule has 3 unspecified atom stereocenters. The van der Waals surface area contributed by atoms with Gasteiger partial charge in [0.2, 0.25) is 5.91 Å². The zero-order chi connectivity index (χ0) is 31.6. The van der Waals surface area contributed by atoms with Crippen LogP contribution in [-0.2, 0) is 14.3 Å². The molecule has 0 saturated heterocycles. The average Bonchev–Trinajstić information content (AvgIpc) is 2.88. The maximum atomic E-state index is 14.5. The molecule has 0 aliphatic heterocycles. The van der Waals surface area contributed by atoms with E-state index in [1.54, 1.807) is 49.6 Å². The van der Waals surface area contributed by atoms with E-state index < -0.39 is 29.7 Å². The Morgan fingerprint density at radius 2 is 1.60 bits per heavy atom. The van der Waals surface area contributed by atoms with Crippen molar-refractivity contribution in [2.24, 2.45) is 5.92 Å². The highest BCUT2D eigenvalue weighted by Gasteiger charge is 2.39. The molecule has 0 fully saturated rings. The van der Waals surface area contributed by atoms with E-state index in [1.807, 2.05) is 45.2 Å². The Bertz CT molecular complexity index is 1190. The molecule has 0 aliphatic carbocycles. The summed E-state index contributed by atoms with van der Waals surface area (Å²) >= 11 is 1.56. The number of ether oxygens (including phenoxy) is 1. The smallest absolute Gasteiger partial charge is 0.408 e. The molecular weight excluding hydrogens is 550 g/mol. The first-order valence-electron chi connectivity index (χ1n) is 14.6. The van der Waals surface area contributed by atoms with Crippen LogP contribution in [0.5, 0.6) is 5.75 Å². The zero-order valence-electron chi connectivity index (χ0n) is 26.6. The molecule has 3 atom stereocenters. The highest BCUT2D eigenvalue weighted by atomic mass is 32.2. The lowest BCUT2D eigenvalue weighted by Crippen LogP contribution is -2.55. The van der Waals surface area contributed by atoms with Crippen LogP contribution in [0, 0.1) is 19.8 Å². The minimum absolute atomic E-state index is 0.00887.